The number of hydrogen-bond acceptors (Lipinski definition) is 7. The highest BCUT2D eigenvalue weighted by molar-refractivity contribution is 5.73. The molecule has 29 heavy (non-hydrogen) atoms. The molecule has 0 bridgehead atoms. The molecule has 7 nitrogen and oxygen atoms in total. The second kappa shape index (κ2) is 11.1. The lowest BCUT2D eigenvalue weighted by atomic mass is 9.95. The average Bonchev–Trinajstić information content (AvgIpc) is 2.69. The van der Waals surface area contributed by atoms with Crippen LogP contribution in [0.1, 0.15) is 37.3 Å². The van der Waals surface area contributed by atoms with Gasteiger partial charge in [0.15, 0.2) is 0 Å². The van der Waals surface area contributed by atoms with Crippen LogP contribution in [0.15, 0.2) is 24.3 Å². The molecule has 1 unspecified atom stereocenters. The molecular formula is C22H35NO6. The molecule has 0 saturated carbocycles. The van der Waals surface area contributed by atoms with Gasteiger partial charge in [-0.2, -0.15) is 0 Å². The third kappa shape index (κ3) is 6.01. The van der Waals surface area contributed by atoms with Crippen molar-refractivity contribution in [2.45, 2.75) is 63.8 Å². The van der Waals surface area contributed by atoms with E-state index in [4.69, 9.17) is 9.47 Å². The lowest BCUT2D eigenvalue weighted by Gasteiger charge is -2.39. The van der Waals surface area contributed by atoms with Gasteiger partial charge in [0.25, 0.3) is 0 Å². The van der Waals surface area contributed by atoms with Gasteiger partial charge in [-0.15, -0.1) is 0 Å². The maximum atomic E-state index is 10.3. The van der Waals surface area contributed by atoms with Gasteiger partial charge >= 0.3 is 0 Å². The summed E-state index contributed by atoms with van der Waals surface area (Å²) in [6.07, 6.45) is -1.50. The van der Waals surface area contributed by atoms with E-state index in [1.807, 2.05) is 33.2 Å². The number of aliphatic hydroxyl groups is 4. The van der Waals surface area contributed by atoms with Gasteiger partial charge in [-0.1, -0.05) is 31.6 Å². The highest BCUT2D eigenvalue weighted by atomic mass is 16.7. The van der Waals surface area contributed by atoms with Crippen molar-refractivity contribution < 1.29 is 29.9 Å². The molecule has 1 aromatic rings. The molecule has 1 aromatic carbocycles. The van der Waals surface area contributed by atoms with Crippen LogP contribution < -0.4 is 4.74 Å². The molecule has 1 saturated heterocycles. The van der Waals surface area contributed by atoms with Crippen LogP contribution in [0.25, 0.3) is 5.57 Å². The molecule has 2 rings (SSSR count). The first kappa shape index (κ1) is 23.8. The summed E-state index contributed by atoms with van der Waals surface area (Å²) in [7, 11) is 4.06. The average molecular weight is 410 g/mol. The maximum absolute atomic E-state index is 10.3. The smallest absolute Gasteiger partial charge is 0.229 e. The Morgan fingerprint density at radius 2 is 1.90 bits per heavy atom. The summed E-state index contributed by atoms with van der Waals surface area (Å²) in [5, 5.41) is 39.8. The Bertz CT molecular complexity index is 675. The van der Waals surface area contributed by atoms with E-state index in [9.17, 15) is 20.4 Å². The van der Waals surface area contributed by atoms with Crippen molar-refractivity contribution >= 4 is 5.57 Å². The predicted molar refractivity (Wildman–Crippen MR) is 112 cm³/mol. The molecule has 1 fully saturated rings. The van der Waals surface area contributed by atoms with Crippen LogP contribution in [0.5, 0.6) is 5.75 Å². The predicted octanol–water partition coefficient (Wildman–Crippen LogP) is 1.31. The summed E-state index contributed by atoms with van der Waals surface area (Å²) in [6.45, 7) is 4.52. The van der Waals surface area contributed by atoms with E-state index in [1.54, 1.807) is 6.07 Å². The third-order valence-corrected chi connectivity index (χ3v) is 5.16. The van der Waals surface area contributed by atoms with Gasteiger partial charge in [0.1, 0.15) is 30.2 Å². The molecule has 1 aliphatic rings. The van der Waals surface area contributed by atoms with Crippen molar-refractivity contribution in [1.82, 2.24) is 4.90 Å². The van der Waals surface area contributed by atoms with Crippen molar-refractivity contribution in [2.75, 3.05) is 27.2 Å². The van der Waals surface area contributed by atoms with E-state index in [0.717, 1.165) is 42.5 Å². The first-order valence-electron chi connectivity index (χ1n) is 10.2. The Morgan fingerprint density at radius 3 is 2.52 bits per heavy atom. The molecular weight excluding hydrogens is 374 g/mol. The van der Waals surface area contributed by atoms with E-state index in [-0.39, 0.29) is 0 Å². The highest BCUT2D eigenvalue weighted by Gasteiger charge is 2.44. The fourth-order valence-electron chi connectivity index (χ4n) is 3.43. The number of unbranched alkanes of at least 4 members (excludes halogenated alkanes) is 1. The Morgan fingerprint density at radius 1 is 1.17 bits per heavy atom. The Hall–Kier alpha value is -1.48. The molecule has 1 aliphatic heterocycles. The number of nitrogens with zero attached hydrogens (tertiary/aromatic N) is 1. The molecule has 0 aliphatic carbocycles. The summed E-state index contributed by atoms with van der Waals surface area (Å²) in [6, 6.07) is 5.67. The number of hydrogen-bond donors (Lipinski definition) is 4. The van der Waals surface area contributed by atoms with Crippen molar-refractivity contribution in [3.63, 3.8) is 0 Å². The van der Waals surface area contributed by atoms with Gasteiger partial charge in [0, 0.05) is 12.1 Å². The lowest BCUT2D eigenvalue weighted by Crippen LogP contribution is -2.60. The van der Waals surface area contributed by atoms with Gasteiger partial charge in [-0.05, 0) is 51.1 Å². The SMILES string of the molecule is CCC/C=C(/CCN(C)C)c1c(C)cccc1O[C@@H]1O[C@H](CO)[C@@H](O)[C@H](O)C1O. The maximum Gasteiger partial charge on any atom is 0.229 e. The minimum atomic E-state index is -1.47. The number of aliphatic hydroxyl groups excluding tert-OH is 4. The van der Waals surface area contributed by atoms with Gasteiger partial charge in [0.05, 0.1) is 6.61 Å². The summed E-state index contributed by atoms with van der Waals surface area (Å²) in [4.78, 5) is 2.12. The van der Waals surface area contributed by atoms with Crippen LogP contribution in [0.3, 0.4) is 0 Å². The fourth-order valence-corrected chi connectivity index (χ4v) is 3.43. The van der Waals surface area contributed by atoms with E-state index < -0.39 is 37.3 Å². The zero-order chi connectivity index (χ0) is 21.6. The first-order valence-corrected chi connectivity index (χ1v) is 10.2. The molecule has 0 aromatic heterocycles. The molecule has 164 valence electrons. The highest BCUT2D eigenvalue weighted by Crippen LogP contribution is 2.34. The Balaban J connectivity index is 2.35. The molecule has 0 spiro atoms. The number of ether oxygens (including phenoxy) is 2. The van der Waals surface area contributed by atoms with Gasteiger partial charge < -0.3 is 34.8 Å². The van der Waals surface area contributed by atoms with E-state index in [2.05, 4.69) is 17.9 Å². The molecule has 0 radical (unpaired) electrons. The van der Waals surface area contributed by atoms with Crippen molar-refractivity contribution in [3.8, 4) is 5.75 Å². The zero-order valence-corrected chi connectivity index (χ0v) is 17.8. The third-order valence-electron chi connectivity index (χ3n) is 5.16. The summed E-state index contributed by atoms with van der Waals surface area (Å²) in [5.74, 6) is 0.537. The molecule has 1 heterocycles. The van der Waals surface area contributed by atoms with Crippen molar-refractivity contribution in [1.29, 1.82) is 0 Å². The quantitative estimate of drug-likeness (QED) is 0.488. The largest absolute Gasteiger partial charge is 0.461 e. The summed E-state index contributed by atoms with van der Waals surface area (Å²) >= 11 is 0. The normalized spacial score (nSPS) is 28.0. The Labute approximate surface area is 173 Å². The van der Waals surface area contributed by atoms with Crippen LogP contribution in [0, 0.1) is 6.92 Å². The number of benzene rings is 1. The number of aryl methyl sites for hydroxylation is 1. The van der Waals surface area contributed by atoms with Crippen LogP contribution >= 0.6 is 0 Å². The van der Waals surface area contributed by atoms with E-state index in [0.29, 0.717) is 5.75 Å². The minimum absolute atomic E-state index is 0.490. The van der Waals surface area contributed by atoms with Crippen LogP contribution in [-0.4, -0.2) is 83.3 Å². The molecule has 0 amide bonds. The number of allylic oxidation sites excluding steroid dienone is 1. The standard InChI is InChI=1S/C22H35NO6/c1-5-6-9-15(11-12-23(3)4)18-14(2)8-7-10-16(18)28-22-21(27)20(26)19(25)17(13-24)29-22/h7-10,17,19-22,24-27H,5-6,11-13H2,1-4H3/b15-9-/t17-,19-,20+,21?,22-/m1/s1. The Kier molecular flexibility index (Phi) is 9.07. The van der Waals surface area contributed by atoms with Gasteiger partial charge in [0.2, 0.25) is 6.29 Å². The minimum Gasteiger partial charge on any atom is -0.461 e. The van der Waals surface area contributed by atoms with E-state index in [1.165, 1.54) is 0 Å². The second-order valence-corrected chi connectivity index (χ2v) is 7.83. The fraction of sp³-hybridized carbons (Fsp3) is 0.636. The summed E-state index contributed by atoms with van der Waals surface area (Å²) in [5.41, 5.74) is 3.13. The van der Waals surface area contributed by atoms with Gasteiger partial charge in [-0.3, -0.25) is 0 Å². The van der Waals surface area contributed by atoms with E-state index >= 15 is 0 Å². The van der Waals surface area contributed by atoms with Gasteiger partial charge in [-0.25, -0.2) is 0 Å². The van der Waals surface area contributed by atoms with Crippen LogP contribution in [-0.2, 0) is 4.74 Å². The van der Waals surface area contributed by atoms with Crippen molar-refractivity contribution in [2.24, 2.45) is 0 Å². The van der Waals surface area contributed by atoms with Crippen LogP contribution in [0.4, 0.5) is 0 Å². The molecule has 5 atom stereocenters. The molecule has 4 N–H and O–H groups in total. The lowest BCUT2D eigenvalue weighted by molar-refractivity contribution is -0.277. The second-order valence-electron chi connectivity index (χ2n) is 7.83. The first-order chi connectivity index (χ1) is 13.8. The zero-order valence-electron chi connectivity index (χ0n) is 17.8. The van der Waals surface area contributed by atoms with Crippen molar-refractivity contribution in [3.05, 3.63) is 35.4 Å². The monoisotopic (exact) mass is 409 g/mol. The summed E-state index contributed by atoms with van der Waals surface area (Å²) < 4.78 is 11.5. The number of rotatable bonds is 9. The molecule has 7 heteroatoms. The van der Waals surface area contributed by atoms with Crippen LogP contribution in [0.2, 0.25) is 0 Å². The topological polar surface area (TPSA) is 103 Å².